The van der Waals surface area contributed by atoms with Gasteiger partial charge in [-0.3, -0.25) is 10.7 Å². The Morgan fingerprint density at radius 3 is 2.47 bits per heavy atom. The summed E-state index contributed by atoms with van der Waals surface area (Å²) < 4.78 is 5.57. The topological polar surface area (TPSA) is 41.5 Å². The molecular formula is C12H9Cl2NO2. The molecule has 0 aliphatic rings. The molecule has 0 aliphatic heterocycles. The number of nitrogens with one attached hydrogen (secondary N) is 1. The van der Waals surface area contributed by atoms with Gasteiger partial charge < -0.3 is 4.74 Å². The fraction of sp³-hybridized carbons (Fsp3) is 0. The van der Waals surface area contributed by atoms with Gasteiger partial charge in [0.15, 0.2) is 5.75 Å². The second-order valence-electron chi connectivity index (χ2n) is 3.28. The predicted octanol–water partition coefficient (Wildman–Crippen LogP) is 4.59. The van der Waals surface area contributed by atoms with E-state index in [1.54, 1.807) is 42.5 Å². The summed E-state index contributed by atoms with van der Waals surface area (Å²) in [7, 11) is 0. The van der Waals surface area contributed by atoms with Gasteiger partial charge in [0.1, 0.15) is 11.4 Å². The quantitative estimate of drug-likeness (QED) is 0.801. The molecular weight excluding hydrogens is 261 g/mol. The van der Waals surface area contributed by atoms with Crippen molar-refractivity contribution in [2.75, 3.05) is 5.48 Å². The average molecular weight is 270 g/mol. The van der Waals surface area contributed by atoms with E-state index in [2.05, 4.69) is 0 Å². The molecule has 2 aromatic carbocycles. The van der Waals surface area contributed by atoms with E-state index in [4.69, 9.17) is 33.1 Å². The van der Waals surface area contributed by atoms with Gasteiger partial charge in [-0.2, -0.15) is 0 Å². The lowest BCUT2D eigenvalue weighted by Gasteiger charge is -2.11. The van der Waals surface area contributed by atoms with Crippen LogP contribution in [0.15, 0.2) is 42.5 Å². The maximum Gasteiger partial charge on any atom is 0.154 e. The van der Waals surface area contributed by atoms with Crippen molar-refractivity contribution in [1.29, 1.82) is 0 Å². The van der Waals surface area contributed by atoms with Crippen LogP contribution < -0.4 is 10.2 Å². The molecule has 2 aromatic rings. The van der Waals surface area contributed by atoms with Crippen molar-refractivity contribution in [2.45, 2.75) is 0 Å². The predicted molar refractivity (Wildman–Crippen MR) is 68.4 cm³/mol. The first kappa shape index (κ1) is 12.0. The van der Waals surface area contributed by atoms with Gasteiger partial charge in [-0.15, -0.1) is 0 Å². The van der Waals surface area contributed by atoms with Gasteiger partial charge >= 0.3 is 0 Å². The molecule has 0 saturated heterocycles. The third kappa shape index (κ3) is 2.82. The van der Waals surface area contributed by atoms with Crippen LogP contribution in [-0.4, -0.2) is 5.21 Å². The largest absolute Gasteiger partial charge is 0.453 e. The number of hydrogen-bond acceptors (Lipinski definition) is 3. The van der Waals surface area contributed by atoms with Gasteiger partial charge in [0.2, 0.25) is 0 Å². The molecule has 0 fully saturated rings. The van der Waals surface area contributed by atoms with Crippen molar-refractivity contribution in [1.82, 2.24) is 0 Å². The Morgan fingerprint density at radius 2 is 1.76 bits per heavy atom. The highest BCUT2D eigenvalue weighted by molar-refractivity contribution is 6.32. The van der Waals surface area contributed by atoms with Crippen molar-refractivity contribution in [3.05, 3.63) is 52.5 Å². The third-order valence-electron chi connectivity index (χ3n) is 2.12. The second kappa shape index (κ2) is 5.27. The summed E-state index contributed by atoms with van der Waals surface area (Å²) in [5.74, 6) is 0.890. The summed E-state index contributed by atoms with van der Waals surface area (Å²) in [6.07, 6.45) is 0. The first-order valence-corrected chi connectivity index (χ1v) is 5.58. The van der Waals surface area contributed by atoms with Crippen molar-refractivity contribution in [3.8, 4) is 11.5 Å². The summed E-state index contributed by atoms with van der Waals surface area (Å²) in [6, 6.07) is 11.9. The Labute approximate surface area is 109 Å². The fourth-order valence-electron chi connectivity index (χ4n) is 1.32. The molecule has 0 bridgehead atoms. The number of hydrogen-bond donors (Lipinski definition) is 2. The molecule has 0 saturated carbocycles. The van der Waals surface area contributed by atoms with Crippen LogP contribution in [0.4, 0.5) is 5.69 Å². The van der Waals surface area contributed by atoms with Gasteiger partial charge in [0.25, 0.3) is 0 Å². The van der Waals surface area contributed by atoms with E-state index in [0.29, 0.717) is 27.2 Å². The van der Waals surface area contributed by atoms with E-state index < -0.39 is 0 Å². The maximum atomic E-state index is 8.95. The van der Waals surface area contributed by atoms with Crippen LogP contribution in [0.1, 0.15) is 0 Å². The van der Waals surface area contributed by atoms with Crippen molar-refractivity contribution < 1.29 is 9.94 Å². The first-order valence-electron chi connectivity index (χ1n) is 4.83. The fourth-order valence-corrected chi connectivity index (χ4v) is 1.66. The lowest BCUT2D eigenvalue weighted by atomic mass is 10.3. The molecule has 0 amide bonds. The molecule has 0 unspecified atom stereocenters. The molecule has 2 N–H and O–H groups in total. The SMILES string of the molecule is ONc1ccc(Cl)cc1Oc1ccccc1Cl. The summed E-state index contributed by atoms with van der Waals surface area (Å²) in [6.45, 7) is 0. The molecule has 17 heavy (non-hydrogen) atoms. The standard InChI is InChI=1S/C12H9Cl2NO2/c13-8-5-6-10(15-16)12(7-8)17-11-4-2-1-3-9(11)14/h1-7,15-16H. The Morgan fingerprint density at radius 1 is 1.00 bits per heavy atom. The molecule has 2 rings (SSSR count). The molecule has 0 aromatic heterocycles. The average Bonchev–Trinajstić information content (AvgIpc) is 2.32. The maximum absolute atomic E-state index is 8.95. The van der Waals surface area contributed by atoms with Gasteiger partial charge in [-0.1, -0.05) is 35.3 Å². The number of para-hydroxylation sites is 1. The first-order chi connectivity index (χ1) is 8.20. The van der Waals surface area contributed by atoms with Crippen LogP contribution >= 0.6 is 23.2 Å². The van der Waals surface area contributed by atoms with E-state index in [9.17, 15) is 0 Å². The van der Waals surface area contributed by atoms with E-state index in [-0.39, 0.29) is 0 Å². The zero-order chi connectivity index (χ0) is 12.3. The Kier molecular flexibility index (Phi) is 3.74. The number of ether oxygens (including phenoxy) is 1. The lowest BCUT2D eigenvalue weighted by Crippen LogP contribution is -1.94. The normalized spacial score (nSPS) is 10.1. The van der Waals surface area contributed by atoms with Crippen molar-refractivity contribution >= 4 is 28.9 Å². The monoisotopic (exact) mass is 269 g/mol. The minimum atomic E-state index is 0.396. The van der Waals surface area contributed by atoms with Crippen LogP contribution in [0.3, 0.4) is 0 Å². The Hall–Kier alpha value is -1.42. The molecule has 88 valence electrons. The van der Waals surface area contributed by atoms with Crippen molar-refractivity contribution in [2.24, 2.45) is 0 Å². The molecule has 0 aliphatic carbocycles. The van der Waals surface area contributed by atoms with Gasteiger partial charge in [-0.25, -0.2) is 0 Å². The molecule has 0 heterocycles. The molecule has 0 spiro atoms. The van der Waals surface area contributed by atoms with Crippen LogP contribution in [0.5, 0.6) is 11.5 Å². The minimum Gasteiger partial charge on any atom is -0.453 e. The Balaban J connectivity index is 2.35. The van der Waals surface area contributed by atoms with Crippen LogP contribution in [0.25, 0.3) is 0 Å². The summed E-state index contributed by atoms with van der Waals surface area (Å²) in [5, 5.41) is 9.94. The highest BCUT2D eigenvalue weighted by atomic mass is 35.5. The summed E-state index contributed by atoms with van der Waals surface area (Å²) >= 11 is 11.8. The van der Waals surface area contributed by atoms with Crippen LogP contribution in [0, 0.1) is 0 Å². The zero-order valence-corrected chi connectivity index (χ0v) is 10.2. The molecule has 0 radical (unpaired) electrons. The van der Waals surface area contributed by atoms with Crippen LogP contribution in [-0.2, 0) is 0 Å². The number of rotatable bonds is 3. The highest BCUT2D eigenvalue weighted by Crippen LogP contribution is 2.34. The van der Waals surface area contributed by atoms with Gasteiger partial charge in [-0.05, 0) is 24.3 Å². The van der Waals surface area contributed by atoms with Crippen LogP contribution in [0.2, 0.25) is 10.0 Å². The molecule has 0 atom stereocenters. The van der Waals surface area contributed by atoms with E-state index >= 15 is 0 Å². The molecule has 3 nitrogen and oxygen atoms in total. The summed E-state index contributed by atoms with van der Waals surface area (Å²) in [4.78, 5) is 0. The molecule has 5 heteroatoms. The van der Waals surface area contributed by atoms with E-state index in [0.717, 1.165) is 0 Å². The van der Waals surface area contributed by atoms with Gasteiger partial charge in [0.05, 0.1) is 5.02 Å². The van der Waals surface area contributed by atoms with Crippen molar-refractivity contribution in [3.63, 3.8) is 0 Å². The smallest absolute Gasteiger partial charge is 0.154 e. The third-order valence-corrected chi connectivity index (χ3v) is 2.67. The van der Waals surface area contributed by atoms with E-state index in [1.807, 2.05) is 5.48 Å². The lowest BCUT2D eigenvalue weighted by molar-refractivity contribution is 0.382. The summed E-state index contributed by atoms with van der Waals surface area (Å²) in [5.41, 5.74) is 2.45. The number of anilines is 1. The zero-order valence-electron chi connectivity index (χ0n) is 8.65. The number of benzene rings is 2. The second-order valence-corrected chi connectivity index (χ2v) is 4.13. The Bertz CT molecular complexity index is 532. The van der Waals surface area contributed by atoms with Gasteiger partial charge in [0, 0.05) is 11.1 Å². The number of halogens is 2. The highest BCUT2D eigenvalue weighted by Gasteiger charge is 2.07. The minimum absolute atomic E-state index is 0.396. The van der Waals surface area contributed by atoms with E-state index in [1.165, 1.54) is 0 Å².